The van der Waals surface area contributed by atoms with Gasteiger partial charge in [-0.2, -0.15) is 0 Å². The number of rotatable bonds is 7. The number of carbonyl (C=O) groups is 2. The Morgan fingerprint density at radius 2 is 1.75 bits per heavy atom. The lowest BCUT2D eigenvalue weighted by atomic mass is 10.3. The lowest BCUT2D eigenvalue weighted by Crippen LogP contribution is -2.33. The summed E-state index contributed by atoms with van der Waals surface area (Å²) in [4.78, 5) is 26.1. The number of hydrogen-bond acceptors (Lipinski definition) is 2. The molecule has 0 saturated heterocycles. The van der Waals surface area contributed by atoms with Crippen molar-refractivity contribution in [1.82, 2.24) is 9.80 Å². The van der Waals surface area contributed by atoms with E-state index in [0.29, 0.717) is 6.42 Å². The number of hydrogen-bond donors (Lipinski definition) is 0. The molecule has 0 atom stereocenters. The van der Waals surface area contributed by atoms with Crippen LogP contribution < -0.4 is 0 Å². The molecule has 0 saturated carbocycles. The first-order chi connectivity index (χ1) is 7.52. The van der Waals surface area contributed by atoms with Gasteiger partial charge in [0, 0.05) is 40.0 Å². The molecule has 0 aliphatic rings. The molecule has 0 aliphatic carbocycles. The van der Waals surface area contributed by atoms with Crippen LogP contribution in [0.3, 0.4) is 0 Å². The van der Waals surface area contributed by atoms with Crippen LogP contribution >= 0.6 is 0 Å². The smallest absolute Gasteiger partial charge is 0.222 e. The highest BCUT2D eigenvalue weighted by Gasteiger charge is 2.09. The standard InChI is InChI=1S/C12H24N2O2/c1-5-8-12(16)13(4)9-7-10-14(6-2)11(3)15/h5-10H2,1-4H3. The maximum atomic E-state index is 11.5. The minimum atomic E-state index is 0.102. The zero-order valence-electron chi connectivity index (χ0n) is 11.0. The fourth-order valence-corrected chi connectivity index (χ4v) is 1.57. The summed E-state index contributed by atoms with van der Waals surface area (Å²) in [6.07, 6.45) is 2.35. The molecule has 94 valence electrons. The van der Waals surface area contributed by atoms with Crippen LogP contribution in [0.2, 0.25) is 0 Å². The average molecular weight is 228 g/mol. The van der Waals surface area contributed by atoms with Gasteiger partial charge in [0.2, 0.25) is 11.8 Å². The maximum Gasteiger partial charge on any atom is 0.222 e. The first-order valence-corrected chi connectivity index (χ1v) is 6.02. The highest BCUT2D eigenvalue weighted by Crippen LogP contribution is 1.98. The van der Waals surface area contributed by atoms with Gasteiger partial charge < -0.3 is 9.80 Å². The Bertz CT molecular complexity index is 229. The van der Waals surface area contributed by atoms with Crippen molar-refractivity contribution in [3.8, 4) is 0 Å². The van der Waals surface area contributed by atoms with Crippen LogP contribution in [0.1, 0.15) is 40.0 Å². The molecule has 4 heteroatoms. The van der Waals surface area contributed by atoms with Crippen LogP contribution in [0, 0.1) is 0 Å². The third-order valence-corrected chi connectivity index (χ3v) is 2.64. The van der Waals surface area contributed by atoms with E-state index in [0.717, 1.165) is 32.5 Å². The summed E-state index contributed by atoms with van der Waals surface area (Å²) in [6.45, 7) is 7.74. The lowest BCUT2D eigenvalue weighted by Gasteiger charge is -2.21. The predicted molar refractivity (Wildman–Crippen MR) is 65.1 cm³/mol. The number of nitrogens with zero attached hydrogens (tertiary/aromatic N) is 2. The van der Waals surface area contributed by atoms with Crippen molar-refractivity contribution < 1.29 is 9.59 Å². The van der Waals surface area contributed by atoms with Gasteiger partial charge in [-0.3, -0.25) is 9.59 Å². The monoisotopic (exact) mass is 228 g/mol. The van der Waals surface area contributed by atoms with E-state index in [2.05, 4.69) is 0 Å². The topological polar surface area (TPSA) is 40.6 Å². The Hall–Kier alpha value is -1.06. The molecule has 0 spiro atoms. The Balaban J connectivity index is 3.80. The van der Waals surface area contributed by atoms with E-state index in [9.17, 15) is 9.59 Å². The Morgan fingerprint density at radius 1 is 1.12 bits per heavy atom. The van der Waals surface area contributed by atoms with E-state index in [1.807, 2.05) is 20.9 Å². The third-order valence-electron chi connectivity index (χ3n) is 2.64. The lowest BCUT2D eigenvalue weighted by molar-refractivity contribution is -0.130. The molecule has 4 nitrogen and oxygen atoms in total. The molecule has 0 N–H and O–H groups in total. The van der Waals surface area contributed by atoms with Gasteiger partial charge in [-0.1, -0.05) is 6.92 Å². The van der Waals surface area contributed by atoms with E-state index in [-0.39, 0.29) is 11.8 Å². The minimum absolute atomic E-state index is 0.102. The van der Waals surface area contributed by atoms with E-state index < -0.39 is 0 Å². The van der Waals surface area contributed by atoms with Crippen molar-refractivity contribution in [1.29, 1.82) is 0 Å². The van der Waals surface area contributed by atoms with E-state index >= 15 is 0 Å². The van der Waals surface area contributed by atoms with Crippen molar-refractivity contribution in [3.05, 3.63) is 0 Å². The van der Waals surface area contributed by atoms with Gasteiger partial charge in [0.1, 0.15) is 0 Å². The van der Waals surface area contributed by atoms with Crippen LogP contribution in [-0.2, 0) is 9.59 Å². The molecule has 0 aliphatic heterocycles. The molecule has 0 bridgehead atoms. The average Bonchev–Trinajstić information content (AvgIpc) is 2.23. The highest BCUT2D eigenvalue weighted by molar-refractivity contribution is 5.75. The minimum Gasteiger partial charge on any atom is -0.346 e. The molecule has 0 aromatic heterocycles. The summed E-state index contributed by atoms with van der Waals surface area (Å²) < 4.78 is 0. The van der Waals surface area contributed by atoms with Crippen LogP contribution in [0.5, 0.6) is 0 Å². The van der Waals surface area contributed by atoms with E-state index in [1.165, 1.54) is 0 Å². The summed E-state index contributed by atoms with van der Waals surface area (Å²) in [5, 5.41) is 0. The summed E-state index contributed by atoms with van der Waals surface area (Å²) in [5.41, 5.74) is 0. The predicted octanol–water partition coefficient (Wildman–Crippen LogP) is 1.50. The van der Waals surface area contributed by atoms with Gasteiger partial charge in [0.25, 0.3) is 0 Å². The largest absolute Gasteiger partial charge is 0.346 e. The molecule has 0 aromatic carbocycles. The van der Waals surface area contributed by atoms with Crippen molar-refractivity contribution >= 4 is 11.8 Å². The zero-order valence-corrected chi connectivity index (χ0v) is 11.0. The van der Waals surface area contributed by atoms with Crippen molar-refractivity contribution in [3.63, 3.8) is 0 Å². The highest BCUT2D eigenvalue weighted by atomic mass is 16.2. The molecule has 0 aromatic rings. The molecular formula is C12H24N2O2. The molecule has 0 radical (unpaired) electrons. The Morgan fingerprint density at radius 3 is 2.19 bits per heavy atom. The van der Waals surface area contributed by atoms with Gasteiger partial charge in [0.05, 0.1) is 0 Å². The van der Waals surface area contributed by atoms with Gasteiger partial charge in [-0.15, -0.1) is 0 Å². The molecule has 2 amide bonds. The maximum absolute atomic E-state index is 11.5. The van der Waals surface area contributed by atoms with Gasteiger partial charge >= 0.3 is 0 Å². The number of carbonyl (C=O) groups excluding carboxylic acids is 2. The molecule has 16 heavy (non-hydrogen) atoms. The quantitative estimate of drug-likeness (QED) is 0.662. The fraction of sp³-hybridized carbons (Fsp3) is 0.833. The second-order valence-electron chi connectivity index (χ2n) is 4.02. The van der Waals surface area contributed by atoms with Crippen molar-refractivity contribution in [2.45, 2.75) is 40.0 Å². The fourth-order valence-electron chi connectivity index (χ4n) is 1.57. The summed E-state index contributed by atoms with van der Waals surface area (Å²) in [6, 6.07) is 0. The van der Waals surface area contributed by atoms with Crippen LogP contribution in [0.4, 0.5) is 0 Å². The SMILES string of the molecule is CCCC(=O)N(C)CCCN(CC)C(C)=O. The summed E-state index contributed by atoms with van der Waals surface area (Å²) in [5.74, 6) is 0.290. The Labute approximate surface area is 98.6 Å². The Kier molecular flexibility index (Phi) is 7.60. The molecule has 0 unspecified atom stereocenters. The van der Waals surface area contributed by atoms with Crippen molar-refractivity contribution in [2.75, 3.05) is 26.7 Å². The van der Waals surface area contributed by atoms with Crippen LogP contribution in [-0.4, -0.2) is 48.3 Å². The molecule has 0 rings (SSSR count). The van der Waals surface area contributed by atoms with Gasteiger partial charge in [0.15, 0.2) is 0 Å². The third kappa shape index (κ3) is 5.73. The van der Waals surface area contributed by atoms with Crippen LogP contribution in [0.15, 0.2) is 0 Å². The summed E-state index contributed by atoms with van der Waals surface area (Å²) in [7, 11) is 1.82. The van der Waals surface area contributed by atoms with E-state index in [1.54, 1.807) is 16.7 Å². The van der Waals surface area contributed by atoms with Crippen molar-refractivity contribution in [2.24, 2.45) is 0 Å². The van der Waals surface area contributed by atoms with E-state index in [4.69, 9.17) is 0 Å². The molecule has 0 fully saturated rings. The second-order valence-corrected chi connectivity index (χ2v) is 4.02. The number of amides is 2. The van der Waals surface area contributed by atoms with Gasteiger partial charge in [-0.25, -0.2) is 0 Å². The molecule has 0 heterocycles. The molecular weight excluding hydrogens is 204 g/mol. The normalized spacial score (nSPS) is 10.0. The van der Waals surface area contributed by atoms with Gasteiger partial charge in [-0.05, 0) is 19.8 Å². The first kappa shape index (κ1) is 14.9. The first-order valence-electron chi connectivity index (χ1n) is 6.02. The second kappa shape index (κ2) is 8.13. The zero-order chi connectivity index (χ0) is 12.6. The summed E-state index contributed by atoms with van der Waals surface area (Å²) >= 11 is 0. The van der Waals surface area contributed by atoms with Crippen LogP contribution in [0.25, 0.3) is 0 Å².